The van der Waals surface area contributed by atoms with E-state index >= 15 is 0 Å². The SMILES string of the molecule is Fc1c(Cl)cc(NC2CC3CC=CC32)cc1Cl. The summed E-state index contributed by atoms with van der Waals surface area (Å²) in [5, 5.41) is 3.51. The van der Waals surface area contributed by atoms with E-state index in [0.29, 0.717) is 12.0 Å². The number of halogens is 3. The number of hydrogen-bond acceptors (Lipinski definition) is 1. The maximum absolute atomic E-state index is 13.3. The highest BCUT2D eigenvalue weighted by Crippen LogP contribution is 2.44. The second kappa shape index (κ2) is 4.18. The van der Waals surface area contributed by atoms with Crippen molar-refractivity contribution in [1.82, 2.24) is 0 Å². The summed E-state index contributed by atoms with van der Waals surface area (Å²) in [6.07, 6.45) is 6.85. The maximum atomic E-state index is 13.3. The van der Waals surface area contributed by atoms with Gasteiger partial charge in [-0.05, 0) is 30.9 Å². The van der Waals surface area contributed by atoms with E-state index in [9.17, 15) is 4.39 Å². The molecule has 0 aliphatic heterocycles. The smallest absolute Gasteiger partial charge is 0.160 e. The molecule has 0 bridgehead atoms. The van der Waals surface area contributed by atoms with E-state index in [1.165, 1.54) is 6.42 Å². The zero-order chi connectivity index (χ0) is 12.0. The van der Waals surface area contributed by atoms with Crippen LogP contribution >= 0.6 is 23.2 Å². The monoisotopic (exact) mass is 271 g/mol. The van der Waals surface area contributed by atoms with E-state index < -0.39 is 5.82 Å². The minimum atomic E-state index is -0.550. The Morgan fingerprint density at radius 3 is 2.59 bits per heavy atom. The molecule has 2 aliphatic rings. The van der Waals surface area contributed by atoms with Crippen molar-refractivity contribution in [2.45, 2.75) is 18.9 Å². The van der Waals surface area contributed by atoms with Crippen LogP contribution in [-0.4, -0.2) is 6.04 Å². The molecule has 1 aromatic rings. The van der Waals surface area contributed by atoms with Crippen molar-refractivity contribution in [3.05, 3.63) is 40.1 Å². The Morgan fingerprint density at radius 2 is 1.94 bits per heavy atom. The molecule has 90 valence electrons. The van der Waals surface area contributed by atoms with Crippen LogP contribution < -0.4 is 5.32 Å². The molecule has 1 aromatic carbocycles. The molecule has 1 nitrogen and oxygen atoms in total. The zero-order valence-corrected chi connectivity index (χ0v) is 10.6. The number of nitrogens with one attached hydrogen (secondary N) is 1. The maximum Gasteiger partial charge on any atom is 0.160 e. The molecule has 0 amide bonds. The summed E-state index contributed by atoms with van der Waals surface area (Å²) in [5.41, 5.74) is 0.796. The molecule has 3 rings (SSSR count). The third kappa shape index (κ3) is 1.94. The van der Waals surface area contributed by atoms with Crippen LogP contribution in [0.3, 0.4) is 0 Å². The molecule has 3 atom stereocenters. The number of anilines is 1. The highest BCUT2D eigenvalue weighted by molar-refractivity contribution is 6.35. The van der Waals surface area contributed by atoms with Crippen LogP contribution in [0.5, 0.6) is 0 Å². The third-order valence-corrected chi connectivity index (χ3v) is 4.25. The molecule has 0 aromatic heterocycles. The predicted molar refractivity (Wildman–Crippen MR) is 69.2 cm³/mol. The quantitative estimate of drug-likeness (QED) is 0.617. The number of hydrogen-bond donors (Lipinski definition) is 1. The van der Waals surface area contributed by atoms with Gasteiger partial charge in [0, 0.05) is 17.6 Å². The second-order valence-corrected chi connectivity index (χ2v) is 5.56. The molecular formula is C13H12Cl2FN. The normalized spacial score (nSPS) is 29.9. The molecule has 1 fully saturated rings. The van der Waals surface area contributed by atoms with Gasteiger partial charge in [-0.25, -0.2) is 4.39 Å². The second-order valence-electron chi connectivity index (χ2n) is 4.74. The first-order valence-corrected chi connectivity index (χ1v) is 6.48. The average Bonchev–Trinajstić information content (AvgIpc) is 2.64. The summed E-state index contributed by atoms with van der Waals surface area (Å²) in [6, 6.07) is 3.61. The van der Waals surface area contributed by atoms with E-state index in [0.717, 1.165) is 18.0 Å². The molecule has 3 unspecified atom stereocenters. The van der Waals surface area contributed by atoms with Gasteiger partial charge >= 0.3 is 0 Å². The Hall–Kier alpha value is -0.730. The highest BCUT2D eigenvalue weighted by atomic mass is 35.5. The fraction of sp³-hybridized carbons (Fsp3) is 0.385. The molecule has 0 heterocycles. The summed E-state index contributed by atoms with van der Waals surface area (Å²) in [6.45, 7) is 0. The van der Waals surface area contributed by atoms with Crippen molar-refractivity contribution >= 4 is 28.9 Å². The largest absolute Gasteiger partial charge is 0.382 e. The lowest BCUT2D eigenvalue weighted by Crippen LogP contribution is -2.43. The van der Waals surface area contributed by atoms with Gasteiger partial charge in [-0.1, -0.05) is 35.4 Å². The molecule has 4 heteroatoms. The van der Waals surface area contributed by atoms with Crippen molar-refractivity contribution in [1.29, 1.82) is 0 Å². The number of benzene rings is 1. The van der Waals surface area contributed by atoms with Gasteiger partial charge < -0.3 is 5.32 Å². The fourth-order valence-electron chi connectivity index (χ4n) is 2.74. The van der Waals surface area contributed by atoms with E-state index in [2.05, 4.69) is 17.5 Å². The van der Waals surface area contributed by atoms with Crippen molar-refractivity contribution in [3.8, 4) is 0 Å². The topological polar surface area (TPSA) is 12.0 Å². The predicted octanol–water partition coefficient (Wildman–Crippen LogP) is 4.51. The minimum Gasteiger partial charge on any atom is -0.382 e. The summed E-state index contributed by atoms with van der Waals surface area (Å²) >= 11 is 11.5. The number of allylic oxidation sites excluding steroid dienone is 1. The summed E-state index contributed by atoms with van der Waals surface area (Å²) < 4.78 is 13.3. The Kier molecular flexibility index (Phi) is 2.80. The molecular weight excluding hydrogens is 260 g/mol. The van der Waals surface area contributed by atoms with Gasteiger partial charge in [0.2, 0.25) is 0 Å². The lowest BCUT2D eigenvalue weighted by atomic mass is 9.71. The highest BCUT2D eigenvalue weighted by Gasteiger charge is 2.40. The Bertz CT molecular complexity index is 463. The van der Waals surface area contributed by atoms with Crippen molar-refractivity contribution in [2.75, 3.05) is 5.32 Å². The Labute approximate surface area is 110 Å². The molecule has 17 heavy (non-hydrogen) atoms. The lowest BCUT2D eigenvalue weighted by molar-refractivity contribution is 0.218. The van der Waals surface area contributed by atoms with Crippen LogP contribution in [0.1, 0.15) is 12.8 Å². The number of fused-ring (bicyclic) bond motifs is 1. The van der Waals surface area contributed by atoms with Crippen LogP contribution in [0.25, 0.3) is 0 Å². The first-order chi connectivity index (χ1) is 8.15. The molecule has 0 saturated heterocycles. The van der Waals surface area contributed by atoms with E-state index in [1.54, 1.807) is 12.1 Å². The molecule has 1 N–H and O–H groups in total. The van der Waals surface area contributed by atoms with Crippen molar-refractivity contribution in [2.24, 2.45) is 11.8 Å². The first kappa shape index (κ1) is 11.4. The fourth-order valence-corrected chi connectivity index (χ4v) is 3.22. The van der Waals surface area contributed by atoms with Crippen LogP contribution in [0.15, 0.2) is 24.3 Å². The zero-order valence-electron chi connectivity index (χ0n) is 9.09. The molecule has 1 saturated carbocycles. The molecule has 0 radical (unpaired) electrons. The van der Waals surface area contributed by atoms with Crippen molar-refractivity contribution < 1.29 is 4.39 Å². The van der Waals surface area contributed by atoms with Crippen LogP contribution in [0, 0.1) is 17.7 Å². The van der Waals surface area contributed by atoms with Crippen LogP contribution in [0.2, 0.25) is 10.0 Å². The van der Waals surface area contributed by atoms with Gasteiger partial charge in [0.05, 0.1) is 10.0 Å². The number of rotatable bonds is 2. The average molecular weight is 272 g/mol. The van der Waals surface area contributed by atoms with Crippen LogP contribution in [-0.2, 0) is 0 Å². The Balaban J connectivity index is 1.75. The standard InChI is InChI=1S/C13H12Cl2FN/c14-10-5-8(6-11(15)13(10)16)17-12-4-7-2-1-3-9(7)12/h1,3,5-7,9,12,17H,2,4H2. The van der Waals surface area contributed by atoms with E-state index in [4.69, 9.17) is 23.2 Å². The molecule has 0 spiro atoms. The minimum absolute atomic E-state index is 0.0674. The third-order valence-electron chi connectivity index (χ3n) is 3.70. The van der Waals surface area contributed by atoms with Gasteiger partial charge in [-0.3, -0.25) is 0 Å². The summed E-state index contributed by atoms with van der Waals surface area (Å²) in [5.74, 6) is 0.850. The lowest BCUT2D eigenvalue weighted by Gasteiger charge is -2.41. The van der Waals surface area contributed by atoms with E-state index in [1.807, 2.05) is 0 Å². The van der Waals surface area contributed by atoms with Gasteiger partial charge in [0.1, 0.15) is 0 Å². The molecule has 2 aliphatic carbocycles. The van der Waals surface area contributed by atoms with Crippen molar-refractivity contribution in [3.63, 3.8) is 0 Å². The summed E-state index contributed by atoms with van der Waals surface area (Å²) in [4.78, 5) is 0. The van der Waals surface area contributed by atoms with E-state index in [-0.39, 0.29) is 10.0 Å². The first-order valence-electron chi connectivity index (χ1n) is 5.73. The van der Waals surface area contributed by atoms with Gasteiger partial charge in [-0.2, -0.15) is 0 Å². The van der Waals surface area contributed by atoms with Gasteiger partial charge in [-0.15, -0.1) is 0 Å². The summed E-state index contributed by atoms with van der Waals surface area (Å²) in [7, 11) is 0. The van der Waals surface area contributed by atoms with Gasteiger partial charge in [0.25, 0.3) is 0 Å². The van der Waals surface area contributed by atoms with Crippen LogP contribution in [0.4, 0.5) is 10.1 Å². The Morgan fingerprint density at radius 1 is 1.24 bits per heavy atom. The van der Waals surface area contributed by atoms with Gasteiger partial charge in [0.15, 0.2) is 5.82 Å².